The molecule has 0 amide bonds. The molecule has 1 fully saturated rings. The molecule has 1 aromatic carbocycles. The number of hydrogen-bond acceptors (Lipinski definition) is 6. The number of rotatable bonds is 6. The summed E-state index contributed by atoms with van der Waals surface area (Å²) in [6.07, 6.45) is 2.91. The van der Waals surface area contributed by atoms with Crippen molar-refractivity contribution in [3.8, 4) is 0 Å². The summed E-state index contributed by atoms with van der Waals surface area (Å²) in [6, 6.07) is 7.08. The topological polar surface area (TPSA) is 125 Å². The lowest BCUT2D eigenvalue weighted by Crippen LogP contribution is -2.48. The first-order valence-corrected chi connectivity index (χ1v) is 9.63. The van der Waals surface area contributed by atoms with Crippen molar-refractivity contribution in [1.82, 2.24) is 5.32 Å². The molecule has 0 spiro atoms. The van der Waals surface area contributed by atoms with Crippen LogP contribution in [0.25, 0.3) is 0 Å². The molecule has 1 aromatic rings. The average Bonchev–Trinajstić information content (AvgIpc) is 3.25. The summed E-state index contributed by atoms with van der Waals surface area (Å²) in [7, 11) is 0. The molecule has 154 valence electrons. The van der Waals surface area contributed by atoms with Crippen molar-refractivity contribution < 1.29 is 34.4 Å². The van der Waals surface area contributed by atoms with Gasteiger partial charge in [-0.3, -0.25) is 0 Å². The SMILES string of the molecule is O=C(O)C1(C(=O)O)OC2=C(CC3C(=C2)CC[C@H]3NC[C@H](O)c2cccc(Cl)c2)O1. The van der Waals surface area contributed by atoms with E-state index in [1.807, 2.05) is 0 Å². The maximum Gasteiger partial charge on any atom is 0.452 e. The summed E-state index contributed by atoms with van der Waals surface area (Å²) in [5.74, 6) is -5.73. The van der Waals surface area contributed by atoms with Crippen LogP contribution in [0.2, 0.25) is 5.02 Å². The van der Waals surface area contributed by atoms with Crippen molar-refractivity contribution in [2.75, 3.05) is 6.54 Å². The van der Waals surface area contributed by atoms with E-state index >= 15 is 0 Å². The third kappa shape index (κ3) is 3.48. The molecule has 3 aliphatic rings. The van der Waals surface area contributed by atoms with Gasteiger partial charge < -0.3 is 30.1 Å². The molecular weight excluding hydrogens is 402 g/mol. The van der Waals surface area contributed by atoms with E-state index in [1.54, 1.807) is 30.3 Å². The van der Waals surface area contributed by atoms with Crippen LogP contribution in [0.4, 0.5) is 0 Å². The Balaban J connectivity index is 1.42. The van der Waals surface area contributed by atoms with E-state index in [1.165, 1.54) is 0 Å². The molecule has 0 saturated heterocycles. The van der Waals surface area contributed by atoms with Gasteiger partial charge in [0, 0.05) is 29.9 Å². The Bertz CT molecular complexity index is 911. The van der Waals surface area contributed by atoms with Crippen molar-refractivity contribution in [1.29, 1.82) is 0 Å². The number of nitrogens with one attached hydrogen (secondary N) is 1. The highest BCUT2D eigenvalue weighted by molar-refractivity contribution is 6.30. The number of aliphatic hydroxyl groups excluding tert-OH is 1. The Morgan fingerprint density at radius 1 is 1.28 bits per heavy atom. The van der Waals surface area contributed by atoms with Gasteiger partial charge in [0.25, 0.3) is 0 Å². The van der Waals surface area contributed by atoms with Gasteiger partial charge in [-0.15, -0.1) is 0 Å². The van der Waals surface area contributed by atoms with Gasteiger partial charge in [-0.05, 0) is 36.6 Å². The van der Waals surface area contributed by atoms with Gasteiger partial charge >= 0.3 is 17.7 Å². The molecule has 8 nitrogen and oxygen atoms in total. The fourth-order valence-electron chi connectivity index (χ4n) is 4.10. The molecule has 1 saturated carbocycles. The second kappa shape index (κ2) is 7.37. The number of carboxylic acid groups (broad SMARTS) is 2. The van der Waals surface area contributed by atoms with E-state index in [0.717, 1.165) is 18.4 Å². The van der Waals surface area contributed by atoms with Crippen molar-refractivity contribution in [3.05, 3.63) is 58.0 Å². The van der Waals surface area contributed by atoms with Gasteiger partial charge in [0.15, 0.2) is 5.76 Å². The fraction of sp³-hybridized carbons (Fsp3) is 0.400. The highest BCUT2D eigenvalue weighted by Gasteiger charge is 2.59. The van der Waals surface area contributed by atoms with Gasteiger partial charge in [-0.25, -0.2) is 9.59 Å². The highest BCUT2D eigenvalue weighted by Crippen LogP contribution is 2.46. The molecule has 29 heavy (non-hydrogen) atoms. The second-order valence-corrected chi connectivity index (χ2v) is 7.81. The second-order valence-electron chi connectivity index (χ2n) is 7.37. The number of benzene rings is 1. The summed E-state index contributed by atoms with van der Waals surface area (Å²) in [5, 5.41) is 32.9. The Morgan fingerprint density at radius 3 is 2.72 bits per heavy atom. The van der Waals surface area contributed by atoms with Crippen LogP contribution >= 0.6 is 11.6 Å². The molecule has 1 aliphatic heterocycles. The average molecular weight is 422 g/mol. The fourth-order valence-corrected chi connectivity index (χ4v) is 4.30. The van der Waals surface area contributed by atoms with Crippen molar-refractivity contribution in [2.45, 2.75) is 37.2 Å². The number of aliphatic carboxylic acids is 2. The minimum Gasteiger partial charge on any atom is -0.475 e. The third-order valence-electron chi connectivity index (χ3n) is 5.59. The number of hydrogen-bond donors (Lipinski definition) is 4. The van der Waals surface area contributed by atoms with Crippen LogP contribution in [0.3, 0.4) is 0 Å². The minimum absolute atomic E-state index is 0.0160. The number of aliphatic hydroxyl groups is 1. The summed E-state index contributed by atoms with van der Waals surface area (Å²) < 4.78 is 10.5. The number of halogens is 1. The van der Waals surface area contributed by atoms with Crippen LogP contribution in [0.1, 0.15) is 30.9 Å². The summed E-state index contributed by atoms with van der Waals surface area (Å²) >= 11 is 5.97. The zero-order valence-corrected chi connectivity index (χ0v) is 16.1. The lowest BCUT2D eigenvalue weighted by molar-refractivity contribution is -0.212. The quantitative estimate of drug-likeness (QED) is 0.515. The molecule has 1 heterocycles. The molecule has 0 aromatic heterocycles. The minimum atomic E-state index is -2.73. The van der Waals surface area contributed by atoms with E-state index in [0.29, 0.717) is 23.6 Å². The lowest BCUT2D eigenvalue weighted by atomic mass is 9.90. The van der Waals surface area contributed by atoms with Crippen LogP contribution in [-0.2, 0) is 19.1 Å². The predicted molar refractivity (Wildman–Crippen MR) is 101 cm³/mol. The lowest BCUT2D eigenvalue weighted by Gasteiger charge is -2.25. The molecule has 2 aliphatic carbocycles. The maximum atomic E-state index is 11.4. The van der Waals surface area contributed by atoms with Gasteiger partial charge in [0.2, 0.25) is 0 Å². The van der Waals surface area contributed by atoms with Crippen molar-refractivity contribution in [3.63, 3.8) is 0 Å². The number of ether oxygens (including phenoxy) is 2. The van der Waals surface area contributed by atoms with Crippen LogP contribution < -0.4 is 5.32 Å². The van der Waals surface area contributed by atoms with Gasteiger partial charge in [-0.2, -0.15) is 0 Å². The number of carboxylic acids is 2. The molecule has 0 radical (unpaired) electrons. The van der Waals surface area contributed by atoms with Gasteiger partial charge in [0.05, 0.1) is 6.10 Å². The first-order valence-electron chi connectivity index (χ1n) is 9.25. The summed E-state index contributed by atoms with van der Waals surface area (Å²) in [4.78, 5) is 22.9. The zero-order valence-electron chi connectivity index (χ0n) is 15.3. The van der Waals surface area contributed by atoms with Crippen LogP contribution in [0, 0.1) is 5.92 Å². The number of carbonyl (C=O) groups is 2. The molecule has 9 heteroatoms. The van der Waals surface area contributed by atoms with Gasteiger partial charge in [-0.1, -0.05) is 29.3 Å². The number of allylic oxidation sites excluding steroid dienone is 2. The van der Waals surface area contributed by atoms with Crippen molar-refractivity contribution in [2.24, 2.45) is 5.92 Å². The maximum absolute atomic E-state index is 11.4. The van der Waals surface area contributed by atoms with E-state index < -0.39 is 23.8 Å². The Kier molecular flexibility index (Phi) is 5.02. The molecule has 4 N–H and O–H groups in total. The zero-order chi connectivity index (χ0) is 20.8. The molecule has 0 bridgehead atoms. The first-order chi connectivity index (χ1) is 13.8. The van der Waals surface area contributed by atoms with Crippen molar-refractivity contribution >= 4 is 23.5 Å². The Labute approximate surface area is 171 Å². The van der Waals surface area contributed by atoms with E-state index in [-0.39, 0.29) is 23.5 Å². The monoisotopic (exact) mass is 421 g/mol. The van der Waals surface area contributed by atoms with Crippen LogP contribution in [0.15, 0.2) is 47.4 Å². The number of fused-ring (bicyclic) bond motifs is 1. The molecular formula is C20H20ClNO7. The Morgan fingerprint density at radius 2 is 2.03 bits per heavy atom. The predicted octanol–water partition coefficient (Wildman–Crippen LogP) is 2.20. The summed E-state index contributed by atoms with van der Waals surface area (Å²) in [5.41, 5.74) is 1.77. The molecule has 3 atom stereocenters. The van der Waals surface area contributed by atoms with E-state index in [4.69, 9.17) is 21.1 Å². The van der Waals surface area contributed by atoms with E-state index in [2.05, 4.69) is 5.32 Å². The highest BCUT2D eigenvalue weighted by atomic mass is 35.5. The normalized spacial score (nSPS) is 25.4. The summed E-state index contributed by atoms with van der Waals surface area (Å²) in [6.45, 7) is 0.326. The largest absolute Gasteiger partial charge is 0.475 e. The first kappa shape index (κ1) is 19.8. The van der Waals surface area contributed by atoms with Crippen LogP contribution in [-0.4, -0.2) is 45.6 Å². The van der Waals surface area contributed by atoms with E-state index in [9.17, 15) is 24.9 Å². The molecule has 1 unspecified atom stereocenters. The third-order valence-corrected chi connectivity index (χ3v) is 5.83. The standard InChI is InChI=1S/C20H20ClNO7/c21-12-3-1-2-11(6-12)15(23)9-22-14-5-4-10-7-16-17(8-13(10)14)29-20(28-16,18(24)25)19(26)27/h1-3,6-7,13-15,22-23H,4-5,8-9H2,(H,24,25)(H,26,27)/t13?,14-,15+/m1/s1. The smallest absolute Gasteiger partial charge is 0.452 e. The molecule has 4 rings (SSSR count). The Hall–Kier alpha value is -2.55. The van der Waals surface area contributed by atoms with Crippen LogP contribution in [0.5, 0.6) is 0 Å². The van der Waals surface area contributed by atoms with Gasteiger partial charge in [0.1, 0.15) is 5.76 Å².